The van der Waals surface area contributed by atoms with Crippen molar-refractivity contribution in [3.63, 3.8) is 0 Å². The van der Waals surface area contributed by atoms with Gasteiger partial charge in [0, 0.05) is 0 Å². The van der Waals surface area contributed by atoms with E-state index in [0.717, 1.165) is 17.9 Å². The van der Waals surface area contributed by atoms with Crippen LogP contribution in [-0.4, -0.2) is 30.6 Å². The molecule has 2 heterocycles. The molecule has 0 bridgehead atoms. The Kier molecular flexibility index (Phi) is 3.19. The molecule has 3 aromatic rings. The van der Waals surface area contributed by atoms with Gasteiger partial charge in [0.15, 0.2) is 5.82 Å². The minimum atomic E-state index is -0.527. The van der Waals surface area contributed by atoms with Crippen LogP contribution in [0.1, 0.15) is 5.82 Å². The molecule has 21 heavy (non-hydrogen) atoms. The van der Waals surface area contributed by atoms with E-state index in [9.17, 15) is 4.39 Å². The normalized spacial score (nSPS) is 12.0. The van der Waals surface area contributed by atoms with Crippen molar-refractivity contribution in [1.29, 1.82) is 0 Å². The van der Waals surface area contributed by atoms with Crippen LogP contribution in [0.2, 0.25) is 0 Å². The number of nitrogens with two attached hydrogens (primary N) is 1. The maximum absolute atomic E-state index is 13.0. The average Bonchev–Trinajstić information content (AvgIpc) is 2.86. The highest BCUT2D eigenvalue weighted by Crippen LogP contribution is 2.19. The molecule has 0 atom stereocenters. The molecule has 3 rings (SSSR count). The summed E-state index contributed by atoms with van der Waals surface area (Å²) in [6, 6.07) is 7.35. The highest BCUT2D eigenvalue weighted by atomic mass is 19.1. The second kappa shape index (κ2) is 5.16. The maximum atomic E-state index is 13.0. The zero-order chi connectivity index (χ0) is 14.8. The van der Waals surface area contributed by atoms with Crippen LogP contribution in [0.4, 0.5) is 4.39 Å². The zero-order valence-electron chi connectivity index (χ0n) is 10.8. The predicted molar refractivity (Wildman–Crippen MR) is 73.7 cm³/mol. The van der Waals surface area contributed by atoms with Gasteiger partial charge in [-0.05, 0) is 12.1 Å². The van der Waals surface area contributed by atoms with Gasteiger partial charge in [-0.2, -0.15) is 0 Å². The Balaban J connectivity index is 2.22. The van der Waals surface area contributed by atoms with Crippen LogP contribution < -0.4 is 5.73 Å². The van der Waals surface area contributed by atoms with Crippen molar-refractivity contribution in [1.82, 2.24) is 19.5 Å². The monoisotopic (exact) mass is 286 g/mol. The summed E-state index contributed by atoms with van der Waals surface area (Å²) in [5, 5.41) is 11.7. The minimum Gasteiger partial charge on any atom is -0.409 e. The lowest BCUT2D eigenvalue weighted by Crippen LogP contribution is -2.18. The van der Waals surface area contributed by atoms with Crippen molar-refractivity contribution >= 4 is 16.9 Å². The Morgan fingerprint density at radius 3 is 2.71 bits per heavy atom. The molecule has 0 saturated carbocycles. The molecule has 7 nitrogen and oxygen atoms in total. The number of halogens is 1. The highest BCUT2D eigenvalue weighted by Gasteiger charge is 2.15. The van der Waals surface area contributed by atoms with Crippen LogP contribution in [0.15, 0.2) is 41.8 Å². The molecule has 0 aliphatic rings. The molecule has 0 fully saturated rings. The molecule has 0 radical (unpaired) electrons. The molecular weight excluding hydrogens is 275 g/mol. The van der Waals surface area contributed by atoms with Gasteiger partial charge >= 0.3 is 0 Å². The fourth-order valence-electron chi connectivity index (χ4n) is 2.04. The number of fused-ring (bicyclic) bond motifs is 1. The van der Waals surface area contributed by atoms with Crippen molar-refractivity contribution in [3.8, 4) is 5.95 Å². The van der Waals surface area contributed by atoms with Crippen LogP contribution in [-0.2, 0) is 6.42 Å². The number of benzene rings is 1. The lowest BCUT2D eigenvalue weighted by atomic mass is 10.3. The smallest absolute Gasteiger partial charge is 0.235 e. The topological polar surface area (TPSA) is 102 Å². The Hall–Kier alpha value is -3.03. The van der Waals surface area contributed by atoms with E-state index in [-0.39, 0.29) is 18.2 Å². The van der Waals surface area contributed by atoms with Gasteiger partial charge in [-0.1, -0.05) is 17.3 Å². The van der Waals surface area contributed by atoms with Gasteiger partial charge in [-0.15, -0.1) is 0 Å². The maximum Gasteiger partial charge on any atom is 0.235 e. The SMILES string of the molecule is N/C(Cc1nc2ccccc2n1-c1ncc(F)cn1)=N/O. The Bertz CT molecular complexity index is 811. The third kappa shape index (κ3) is 2.38. The van der Waals surface area contributed by atoms with E-state index in [2.05, 4.69) is 20.1 Å². The molecule has 0 saturated heterocycles. The van der Waals surface area contributed by atoms with Crippen molar-refractivity contribution in [3.05, 3.63) is 48.3 Å². The second-order valence-electron chi connectivity index (χ2n) is 4.32. The van der Waals surface area contributed by atoms with E-state index in [1.54, 1.807) is 4.57 Å². The van der Waals surface area contributed by atoms with E-state index in [0.29, 0.717) is 11.3 Å². The first-order valence-corrected chi connectivity index (χ1v) is 6.09. The molecule has 106 valence electrons. The minimum absolute atomic E-state index is 0.00803. The zero-order valence-corrected chi connectivity index (χ0v) is 10.8. The van der Waals surface area contributed by atoms with Crippen LogP contribution in [0, 0.1) is 5.82 Å². The number of oxime groups is 1. The summed E-state index contributed by atoms with van der Waals surface area (Å²) in [7, 11) is 0. The molecule has 8 heteroatoms. The molecule has 0 aliphatic heterocycles. The number of hydrogen-bond acceptors (Lipinski definition) is 5. The number of amidine groups is 1. The van der Waals surface area contributed by atoms with Gasteiger partial charge in [0.1, 0.15) is 11.7 Å². The number of rotatable bonds is 3. The third-order valence-electron chi connectivity index (χ3n) is 2.90. The molecule has 0 unspecified atom stereocenters. The van der Waals surface area contributed by atoms with E-state index >= 15 is 0 Å². The summed E-state index contributed by atoms with van der Waals surface area (Å²) in [5.74, 6) is 0.249. The van der Waals surface area contributed by atoms with E-state index in [4.69, 9.17) is 10.9 Å². The summed E-state index contributed by atoms with van der Waals surface area (Å²) >= 11 is 0. The van der Waals surface area contributed by atoms with Crippen LogP contribution in [0.3, 0.4) is 0 Å². The van der Waals surface area contributed by atoms with Gasteiger partial charge < -0.3 is 10.9 Å². The van der Waals surface area contributed by atoms with E-state index in [1.165, 1.54) is 0 Å². The lowest BCUT2D eigenvalue weighted by Gasteiger charge is -2.06. The molecule has 2 aromatic heterocycles. The largest absolute Gasteiger partial charge is 0.409 e. The lowest BCUT2D eigenvalue weighted by molar-refractivity contribution is 0.317. The summed E-state index contributed by atoms with van der Waals surface area (Å²) in [5.41, 5.74) is 7.01. The standard InChI is InChI=1S/C13H11FN6O/c14-8-6-16-13(17-7-8)20-10-4-2-1-3-9(10)18-12(20)5-11(15)19-21/h1-4,6-7,21H,5H2,(H2,15,19). The molecule has 1 aromatic carbocycles. The van der Waals surface area contributed by atoms with Gasteiger partial charge in [0.05, 0.1) is 29.8 Å². The van der Waals surface area contributed by atoms with Crippen LogP contribution >= 0.6 is 0 Å². The fourth-order valence-corrected chi connectivity index (χ4v) is 2.04. The number of hydrogen-bond donors (Lipinski definition) is 2. The van der Waals surface area contributed by atoms with Gasteiger partial charge in [-0.25, -0.2) is 19.3 Å². The second-order valence-corrected chi connectivity index (χ2v) is 4.32. The van der Waals surface area contributed by atoms with Crippen molar-refractivity contribution in [2.45, 2.75) is 6.42 Å². The Morgan fingerprint density at radius 2 is 2.00 bits per heavy atom. The number of para-hydroxylation sites is 2. The predicted octanol–water partition coefficient (Wildman–Crippen LogP) is 1.24. The number of aromatic nitrogens is 4. The first kappa shape index (κ1) is 13.0. The van der Waals surface area contributed by atoms with Crippen molar-refractivity contribution < 1.29 is 9.60 Å². The molecule has 0 amide bonds. The molecule has 0 spiro atoms. The average molecular weight is 286 g/mol. The van der Waals surface area contributed by atoms with Crippen molar-refractivity contribution in [2.24, 2.45) is 10.9 Å². The van der Waals surface area contributed by atoms with E-state index < -0.39 is 5.82 Å². The fraction of sp³-hybridized carbons (Fsp3) is 0.0769. The van der Waals surface area contributed by atoms with Crippen LogP contribution in [0.25, 0.3) is 17.0 Å². The summed E-state index contributed by atoms with van der Waals surface area (Å²) in [6.45, 7) is 0. The Labute approximate surface area is 118 Å². The third-order valence-corrected chi connectivity index (χ3v) is 2.90. The summed E-state index contributed by atoms with van der Waals surface area (Å²) in [4.78, 5) is 12.3. The summed E-state index contributed by atoms with van der Waals surface area (Å²) in [6.07, 6.45) is 2.26. The Morgan fingerprint density at radius 1 is 1.29 bits per heavy atom. The first-order valence-electron chi connectivity index (χ1n) is 6.09. The van der Waals surface area contributed by atoms with Gasteiger partial charge in [-0.3, -0.25) is 4.57 Å². The first-order chi connectivity index (χ1) is 10.2. The molecule has 3 N–H and O–H groups in total. The molecule has 0 aliphatic carbocycles. The van der Waals surface area contributed by atoms with E-state index in [1.807, 2.05) is 24.3 Å². The summed E-state index contributed by atoms with van der Waals surface area (Å²) < 4.78 is 14.6. The van der Waals surface area contributed by atoms with Crippen LogP contribution in [0.5, 0.6) is 0 Å². The number of nitrogens with zero attached hydrogens (tertiary/aromatic N) is 5. The number of imidazole rings is 1. The van der Waals surface area contributed by atoms with Gasteiger partial charge in [0.25, 0.3) is 0 Å². The quantitative estimate of drug-likeness (QED) is 0.326. The molecular formula is C13H11FN6O. The highest BCUT2D eigenvalue weighted by molar-refractivity contribution is 5.84. The van der Waals surface area contributed by atoms with Crippen molar-refractivity contribution in [2.75, 3.05) is 0 Å². The van der Waals surface area contributed by atoms with Gasteiger partial charge in [0.2, 0.25) is 5.95 Å².